The molecule has 0 spiro atoms. The number of pyridine rings is 1. The Balaban J connectivity index is 1.53. The van der Waals surface area contributed by atoms with E-state index in [-0.39, 0.29) is 17.9 Å². The fourth-order valence-corrected chi connectivity index (χ4v) is 5.05. The summed E-state index contributed by atoms with van der Waals surface area (Å²) in [5.41, 5.74) is 1.92. The minimum atomic E-state index is -1.03. The maximum Gasteiger partial charge on any atom is 0.271 e. The zero-order valence-corrected chi connectivity index (χ0v) is 18.0. The van der Waals surface area contributed by atoms with Gasteiger partial charge in [0.25, 0.3) is 5.91 Å². The molecule has 3 aromatic rings. The average Bonchev–Trinajstić information content (AvgIpc) is 3.36. The van der Waals surface area contributed by atoms with Crippen LogP contribution in [0.15, 0.2) is 47.3 Å². The Morgan fingerprint density at radius 3 is 2.94 bits per heavy atom. The van der Waals surface area contributed by atoms with Gasteiger partial charge in [0, 0.05) is 37.1 Å². The molecule has 1 N–H and O–H groups in total. The van der Waals surface area contributed by atoms with Gasteiger partial charge >= 0.3 is 0 Å². The van der Waals surface area contributed by atoms with Crippen molar-refractivity contribution in [2.45, 2.75) is 64.2 Å². The normalized spacial score (nSPS) is 26.1. The summed E-state index contributed by atoms with van der Waals surface area (Å²) in [5, 5.41) is 3.29. The first-order chi connectivity index (χ1) is 15.0. The van der Waals surface area contributed by atoms with Crippen LogP contribution in [0, 0.1) is 5.92 Å². The molecular formula is C24H28N4O3. The number of aromatic nitrogens is 2. The number of carbonyl (C=O) groups is 2. The molecule has 4 heterocycles. The predicted octanol–water partition coefficient (Wildman–Crippen LogP) is 3.74. The molecule has 0 bridgehead atoms. The van der Waals surface area contributed by atoms with Crippen molar-refractivity contribution < 1.29 is 14.0 Å². The molecule has 7 heteroatoms. The number of carbonyl (C=O) groups excluding carboxylic acids is 2. The fraction of sp³-hybridized carbons (Fsp3) is 0.458. The van der Waals surface area contributed by atoms with Crippen molar-refractivity contribution in [1.82, 2.24) is 19.8 Å². The van der Waals surface area contributed by atoms with Gasteiger partial charge in [0.1, 0.15) is 11.2 Å². The van der Waals surface area contributed by atoms with E-state index >= 15 is 0 Å². The quantitative estimate of drug-likeness (QED) is 0.697. The van der Waals surface area contributed by atoms with Crippen LogP contribution >= 0.6 is 0 Å². The monoisotopic (exact) mass is 420 g/mol. The van der Waals surface area contributed by atoms with Crippen molar-refractivity contribution in [2.24, 2.45) is 5.92 Å². The first kappa shape index (κ1) is 19.8. The molecule has 0 aromatic carbocycles. The van der Waals surface area contributed by atoms with Crippen LogP contribution in [0.25, 0.3) is 11.1 Å². The Kier molecular flexibility index (Phi) is 4.84. The number of hydrogen-bond acceptors (Lipinski definition) is 4. The lowest BCUT2D eigenvalue weighted by molar-refractivity contribution is -0.134. The summed E-state index contributed by atoms with van der Waals surface area (Å²) in [6.07, 6.45) is 9.51. The van der Waals surface area contributed by atoms with Crippen molar-refractivity contribution in [2.75, 3.05) is 0 Å². The van der Waals surface area contributed by atoms with Gasteiger partial charge in [-0.15, -0.1) is 0 Å². The van der Waals surface area contributed by atoms with E-state index in [1.54, 1.807) is 29.6 Å². The van der Waals surface area contributed by atoms with Gasteiger partial charge in [0.2, 0.25) is 5.91 Å². The van der Waals surface area contributed by atoms with Crippen LogP contribution in [0.5, 0.6) is 0 Å². The minimum absolute atomic E-state index is 0.0977. The lowest BCUT2D eigenvalue weighted by Gasteiger charge is -2.45. The zero-order valence-electron chi connectivity index (χ0n) is 18.0. The molecule has 7 nitrogen and oxygen atoms in total. The smallest absolute Gasteiger partial charge is 0.271 e. The van der Waals surface area contributed by atoms with Gasteiger partial charge in [-0.25, -0.2) is 0 Å². The van der Waals surface area contributed by atoms with Gasteiger partial charge in [-0.1, -0.05) is 25.8 Å². The second kappa shape index (κ2) is 7.55. The average molecular weight is 421 g/mol. The molecule has 31 heavy (non-hydrogen) atoms. The van der Waals surface area contributed by atoms with E-state index in [2.05, 4.69) is 17.2 Å². The minimum Gasteiger partial charge on any atom is -0.463 e. The second-order valence-corrected chi connectivity index (χ2v) is 9.15. The van der Waals surface area contributed by atoms with Crippen LogP contribution in [0.1, 0.15) is 55.6 Å². The standard InChI is InChI=1S/C24H28N4O3/c1-16-6-3-4-8-18(16)26-23(30)24(2)15-27-19-9-11-31-21(19)12-20(27)22(29)28(24)14-17-7-5-10-25-13-17/h5,7,9-13,16,18H,3-4,6,8,14-15H2,1-2H3,(H,26,30)/t16-,18-,24+/m1/s1. The number of amides is 2. The number of nitrogens with one attached hydrogen (secondary N) is 1. The molecule has 0 unspecified atom stereocenters. The van der Waals surface area contributed by atoms with Crippen LogP contribution in [0.4, 0.5) is 0 Å². The van der Waals surface area contributed by atoms with Gasteiger partial charge in [-0.2, -0.15) is 0 Å². The number of hydrogen-bond donors (Lipinski definition) is 1. The third kappa shape index (κ3) is 3.32. The van der Waals surface area contributed by atoms with Crippen molar-refractivity contribution in [3.63, 3.8) is 0 Å². The largest absolute Gasteiger partial charge is 0.463 e. The molecule has 2 amide bonds. The van der Waals surface area contributed by atoms with E-state index < -0.39 is 5.54 Å². The third-order valence-electron chi connectivity index (χ3n) is 7.03. The molecule has 0 radical (unpaired) electrons. The summed E-state index contributed by atoms with van der Waals surface area (Å²) < 4.78 is 7.46. The molecule has 1 fully saturated rings. The first-order valence-electron chi connectivity index (χ1n) is 11.1. The summed E-state index contributed by atoms with van der Waals surface area (Å²) in [4.78, 5) is 33.2. The molecular weight excluding hydrogens is 392 g/mol. The summed E-state index contributed by atoms with van der Waals surface area (Å²) in [7, 11) is 0. The van der Waals surface area contributed by atoms with Gasteiger partial charge in [-0.3, -0.25) is 14.6 Å². The number of nitrogens with zero attached hydrogens (tertiary/aromatic N) is 3. The topological polar surface area (TPSA) is 80.4 Å². The van der Waals surface area contributed by atoms with E-state index in [1.165, 1.54) is 6.42 Å². The molecule has 5 rings (SSSR count). The lowest BCUT2D eigenvalue weighted by atomic mass is 9.85. The Morgan fingerprint density at radius 2 is 2.16 bits per heavy atom. The Hall–Kier alpha value is -3.09. The van der Waals surface area contributed by atoms with Crippen molar-refractivity contribution in [3.05, 3.63) is 54.2 Å². The highest BCUT2D eigenvalue weighted by molar-refractivity contribution is 6.02. The number of furan rings is 1. The van der Waals surface area contributed by atoms with Gasteiger partial charge in [-0.05, 0) is 37.3 Å². The number of fused-ring (bicyclic) bond motifs is 3. The Bertz CT molecular complexity index is 1120. The zero-order chi connectivity index (χ0) is 21.6. The summed E-state index contributed by atoms with van der Waals surface area (Å²) in [6.45, 7) is 4.78. The molecule has 2 aliphatic rings. The van der Waals surface area contributed by atoms with Crippen molar-refractivity contribution in [3.8, 4) is 0 Å². The van der Waals surface area contributed by atoms with Crippen LogP contribution in [-0.2, 0) is 17.9 Å². The second-order valence-electron chi connectivity index (χ2n) is 9.15. The fourth-order valence-electron chi connectivity index (χ4n) is 5.05. The molecule has 0 saturated heterocycles. The Morgan fingerprint density at radius 1 is 1.32 bits per heavy atom. The van der Waals surface area contributed by atoms with E-state index in [0.717, 1.165) is 30.3 Å². The summed E-state index contributed by atoms with van der Waals surface area (Å²) >= 11 is 0. The van der Waals surface area contributed by atoms with Crippen LogP contribution in [0.3, 0.4) is 0 Å². The summed E-state index contributed by atoms with van der Waals surface area (Å²) in [6, 6.07) is 7.55. The highest BCUT2D eigenvalue weighted by Gasteiger charge is 2.48. The third-order valence-corrected chi connectivity index (χ3v) is 7.03. The van der Waals surface area contributed by atoms with E-state index in [1.807, 2.05) is 29.7 Å². The van der Waals surface area contributed by atoms with Crippen molar-refractivity contribution >= 4 is 22.9 Å². The molecule has 3 aromatic heterocycles. The number of rotatable bonds is 4. The summed E-state index contributed by atoms with van der Waals surface area (Å²) in [5.74, 6) is 0.172. The van der Waals surface area contributed by atoms with E-state index in [9.17, 15) is 9.59 Å². The van der Waals surface area contributed by atoms with E-state index in [0.29, 0.717) is 30.3 Å². The maximum atomic E-state index is 13.7. The maximum absolute atomic E-state index is 13.7. The molecule has 1 aliphatic carbocycles. The van der Waals surface area contributed by atoms with Crippen LogP contribution in [-0.4, -0.2) is 37.8 Å². The lowest BCUT2D eigenvalue weighted by Crippen LogP contribution is -2.65. The van der Waals surface area contributed by atoms with E-state index in [4.69, 9.17) is 4.42 Å². The van der Waals surface area contributed by atoms with Gasteiger partial charge in [0.15, 0.2) is 5.58 Å². The molecule has 162 valence electrons. The van der Waals surface area contributed by atoms with Crippen molar-refractivity contribution in [1.29, 1.82) is 0 Å². The molecule has 1 aliphatic heterocycles. The van der Waals surface area contributed by atoms with Gasteiger partial charge < -0.3 is 19.2 Å². The van der Waals surface area contributed by atoms with Gasteiger partial charge in [0.05, 0.1) is 18.3 Å². The molecule has 3 atom stereocenters. The Labute approximate surface area is 181 Å². The predicted molar refractivity (Wildman–Crippen MR) is 116 cm³/mol. The highest BCUT2D eigenvalue weighted by Crippen LogP contribution is 2.34. The first-order valence-corrected chi connectivity index (χ1v) is 11.1. The van der Waals surface area contributed by atoms with Crippen LogP contribution in [0.2, 0.25) is 0 Å². The molecule has 1 saturated carbocycles. The SMILES string of the molecule is C[C@@H]1CCCC[C@H]1NC(=O)[C@]1(C)Cn2c(cc3occc32)C(=O)N1Cc1cccnc1. The highest BCUT2D eigenvalue weighted by atomic mass is 16.3. The van der Waals surface area contributed by atoms with Crippen LogP contribution < -0.4 is 5.32 Å².